The molecule has 3 fully saturated rings. The molecule has 200 valence electrons. The Kier molecular flexibility index (Phi) is 14.0. The van der Waals surface area contributed by atoms with Crippen LogP contribution in [0.25, 0.3) is 5.57 Å². The quantitative estimate of drug-likeness (QED) is 0.346. The summed E-state index contributed by atoms with van der Waals surface area (Å²) in [7, 11) is 3.79. The van der Waals surface area contributed by atoms with Crippen molar-refractivity contribution in [1.82, 2.24) is 14.8 Å². The highest BCUT2D eigenvalue weighted by Crippen LogP contribution is 2.59. The minimum absolute atomic E-state index is 0.213. The molecule has 0 radical (unpaired) electrons. The van der Waals surface area contributed by atoms with E-state index in [1.807, 2.05) is 53.7 Å². The van der Waals surface area contributed by atoms with Gasteiger partial charge in [-0.1, -0.05) is 85.4 Å². The van der Waals surface area contributed by atoms with E-state index in [2.05, 4.69) is 29.7 Å². The van der Waals surface area contributed by atoms with Crippen LogP contribution >= 0.6 is 11.6 Å². The Morgan fingerprint density at radius 2 is 1.51 bits per heavy atom. The second-order valence-electron chi connectivity index (χ2n) is 9.38. The van der Waals surface area contributed by atoms with E-state index in [0.717, 1.165) is 22.2 Å². The number of hydrogen-bond donors (Lipinski definition) is 0. The van der Waals surface area contributed by atoms with Gasteiger partial charge in [-0.15, -0.1) is 10.2 Å². The predicted octanol–water partition coefficient (Wildman–Crippen LogP) is 9.51. The lowest BCUT2D eigenvalue weighted by atomic mass is 9.52. The monoisotopic (exact) mass is 505 g/mol. The third-order valence-corrected chi connectivity index (χ3v) is 7.93. The van der Waals surface area contributed by atoms with E-state index >= 15 is 0 Å². The van der Waals surface area contributed by atoms with Crippen molar-refractivity contribution >= 4 is 17.2 Å². The third kappa shape index (κ3) is 7.47. The Morgan fingerprint density at radius 3 is 2.06 bits per heavy atom. The van der Waals surface area contributed by atoms with Gasteiger partial charge in [0.25, 0.3) is 0 Å². The van der Waals surface area contributed by atoms with E-state index in [9.17, 15) is 0 Å². The van der Waals surface area contributed by atoms with Crippen molar-refractivity contribution in [1.29, 1.82) is 0 Å². The van der Waals surface area contributed by atoms with Crippen molar-refractivity contribution in [2.75, 3.05) is 7.11 Å². The Balaban J connectivity index is 0.000000949. The molecular formula is C30H52ClN3O. The van der Waals surface area contributed by atoms with E-state index in [4.69, 9.17) is 21.4 Å². The van der Waals surface area contributed by atoms with Crippen LogP contribution in [-0.4, -0.2) is 21.9 Å². The summed E-state index contributed by atoms with van der Waals surface area (Å²) in [4.78, 5) is 0. The zero-order valence-electron chi connectivity index (χ0n) is 24.1. The molecule has 0 aromatic carbocycles. The molecule has 0 spiro atoms. The molecule has 1 heterocycles. The smallest absolute Gasteiger partial charge is 0.159 e. The predicted molar refractivity (Wildman–Crippen MR) is 153 cm³/mol. The average molecular weight is 506 g/mol. The standard InChI is InChI=1S/C24H34ClN3O.3C2H6/c1-4-5-6-9-23-10-13-24(14-11-23,15-12-23)22-27-26-21(28(22)2)18-7-8-20(29-3)17-19(25)16-18;3*1-2/h7-8,17H,4-6,9-16H2,1-3H3;3*1-2H3. The number of hydrogen-bond acceptors (Lipinski definition) is 3. The zero-order chi connectivity index (χ0) is 26.5. The molecule has 4 nitrogen and oxygen atoms in total. The molecule has 0 unspecified atom stereocenters. The summed E-state index contributed by atoms with van der Waals surface area (Å²) in [6.07, 6.45) is 19.9. The number of nitrogens with zero attached hydrogens (tertiary/aromatic N) is 3. The van der Waals surface area contributed by atoms with E-state index in [-0.39, 0.29) is 5.41 Å². The van der Waals surface area contributed by atoms with Gasteiger partial charge in [0.15, 0.2) is 5.82 Å². The van der Waals surface area contributed by atoms with Crippen LogP contribution in [0.15, 0.2) is 29.0 Å². The van der Waals surface area contributed by atoms with Gasteiger partial charge in [-0.2, -0.15) is 0 Å². The highest BCUT2D eigenvalue weighted by atomic mass is 35.5. The van der Waals surface area contributed by atoms with Gasteiger partial charge in [-0.3, -0.25) is 0 Å². The summed E-state index contributed by atoms with van der Waals surface area (Å²) < 4.78 is 7.59. The number of allylic oxidation sites excluding steroid dienone is 5. The van der Waals surface area contributed by atoms with Gasteiger partial charge in [-0.05, 0) is 62.5 Å². The maximum atomic E-state index is 6.42. The molecule has 0 N–H and O–H groups in total. The van der Waals surface area contributed by atoms with Gasteiger partial charge in [0.2, 0.25) is 0 Å². The van der Waals surface area contributed by atoms with Gasteiger partial charge in [0.1, 0.15) is 11.6 Å². The van der Waals surface area contributed by atoms with Crippen LogP contribution < -0.4 is 0 Å². The van der Waals surface area contributed by atoms with Crippen molar-refractivity contribution < 1.29 is 4.74 Å². The highest BCUT2D eigenvalue weighted by molar-refractivity contribution is 6.30. The summed E-state index contributed by atoms with van der Waals surface area (Å²) >= 11 is 6.42. The molecule has 0 aliphatic heterocycles. The molecule has 3 saturated carbocycles. The lowest BCUT2D eigenvalue weighted by Crippen LogP contribution is -2.45. The van der Waals surface area contributed by atoms with Crippen LogP contribution in [0.4, 0.5) is 0 Å². The number of ether oxygens (including phenoxy) is 1. The third-order valence-electron chi connectivity index (χ3n) is 7.69. The topological polar surface area (TPSA) is 39.9 Å². The molecule has 5 heteroatoms. The fourth-order valence-electron chi connectivity index (χ4n) is 5.75. The molecule has 1 aromatic rings. The molecule has 4 aliphatic rings. The fourth-order valence-corrected chi connectivity index (χ4v) is 6.00. The van der Waals surface area contributed by atoms with Crippen LogP contribution in [0.2, 0.25) is 0 Å². The van der Waals surface area contributed by atoms with E-state index < -0.39 is 0 Å². The molecular weight excluding hydrogens is 454 g/mol. The molecule has 5 rings (SSSR count). The molecule has 0 amide bonds. The summed E-state index contributed by atoms with van der Waals surface area (Å²) in [6.45, 7) is 14.3. The number of methoxy groups -OCH3 is 1. The Morgan fingerprint density at radius 1 is 0.914 bits per heavy atom. The summed E-state index contributed by atoms with van der Waals surface area (Å²) in [5, 5.41) is 10.1. The normalized spacial score (nSPS) is 24.7. The van der Waals surface area contributed by atoms with Gasteiger partial charge in [0, 0.05) is 29.5 Å². The Hall–Kier alpha value is -1.55. The second kappa shape index (κ2) is 15.5. The van der Waals surface area contributed by atoms with Crippen molar-refractivity contribution in [2.24, 2.45) is 12.5 Å². The minimum Gasteiger partial charge on any atom is -0.497 e. The van der Waals surface area contributed by atoms with Crippen molar-refractivity contribution in [3.63, 3.8) is 0 Å². The van der Waals surface area contributed by atoms with Gasteiger partial charge < -0.3 is 9.30 Å². The first-order valence-corrected chi connectivity index (χ1v) is 14.6. The van der Waals surface area contributed by atoms with Crippen LogP contribution in [-0.2, 0) is 17.2 Å². The van der Waals surface area contributed by atoms with Crippen LogP contribution in [0.1, 0.15) is 131 Å². The molecule has 2 bridgehead atoms. The maximum absolute atomic E-state index is 6.42. The van der Waals surface area contributed by atoms with Crippen LogP contribution in [0.3, 0.4) is 0 Å². The van der Waals surface area contributed by atoms with Crippen LogP contribution in [0, 0.1) is 5.41 Å². The number of rotatable bonds is 7. The Labute approximate surface area is 221 Å². The zero-order valence-corrected chi connectivity index (χ0v) is 24.9. The van der Waals surface area contributed by atoms with Gasteiger partial charge in [-0.25, -0.2) is 0 Å². The van der Waals surface area contributed by atoms with Crippen molar-refractivity contribution in [2.45, 2.75) is 125 Å². The molecule has 4 aliphatic carbocycles. The number of fused-ring (bicyclic) bond motifs is 3. The van der Waals surface area contributed by atoms with Crippen LogP contribution in [0.5, 0.6) is 0 Å². The SMILES string of the molecule is CC.CC.CC.CCCCCC12CCC(c3nnc(C4=CC=C(OC)C=C(Cl)C4)n3C)(CC1)CC2. The lowest BCUT2D eigenvalue weighted by Gasteiger charge is -2.53. The molecule has 35 heavy (non-hydrogen) atoms. The van der Waals surface area contributed by atoms with Crippen molar-refractivity contribution in [3.8, 4) is 0 Å². The van der Waals surface area contributed by atoms with E-state index in [0.29, 0.717) is 11.8 Å². The number of unbranched alkanes of at least 4 members (excludes halogenated alkanes) is 2. The van der Waals surface area contributed by atoms with Gasteiger partial charge in [0.05, 0.1) is 7.11 Å². The fraction of sp³-hybridized carbons (Fsp3) is 0.733. The number of halogens is 1. The van der Waals surface area contributed by atoms with Gasteiger partial charge >= 0.3 is 0 Å². The van der Waals surface area contributed by atoms with Crippen molar-refractivity contribution in [3.05, 3.63) is 40.7 Å². The second-order valence-corrected chi connectivity index (χ2v) is 9.86. The largest absolute Gasteiger partial charge is 0.497 e. The molecule has 0 atom stereocenters. The maximum Gasteiger partial charge on any atom is 0.159 e. The first-order valence-electron chi connectivity index (χ1n) is 14.2. The average Bonchev–Trinajstić information content (AvgIpc) is 3.21. The summed E-state index contributed by atoms with van der Waals surface area (Å²) in [5.74, 6) is 2.88. The minimum atomic E-state index is 0.213. The summed E-state index contributed by atoms with van der Waals surface area (Å²) in [5.41, 5.74) is 1.92. The first-order chi connectivity index (χ1) is 17.0. The van der Waals surface area contributed by atoms with E-state index in [1.165, 1.54) is 70.0 Å². The molecule has 0 saturated heterocycles. The number of aromatic nitrogens is 3. The van der Waals surface area contributed by atoms with E-state index in [1.54, 1.807) is 7.11 Å². The summed E-state index contributed by atoms with van der Waals surface area (Å²) in [6, 6.07) is 0. The first kappa shape index (κ1) is 31.5. The highest BCUT2D eigenvalue weighted by Gasteiger charge is 2.51. The lowest BCUT2D eigenvalue weighted by molar-refractivity contribution is 0.0249. The Bertz CT molecular complexity index is 825. The molecule has 1 aromatic heterocycles.